The van der Waals surface area contributed by atoms with Crippen LogP contribution in [0.3, 0.4) is 0 Å². The van der Waals surface area contributed by atoms with Crippen molar-refractivity contribution in [3.05, 3.63) is 64.0 Å². The van der Waals surface area contributed by atoms with Gasteiger partial charge in [-0.2, -0.15) is 0 Å². The number of amides is 1. The standard InChI is InChI=1S/C18H14Cl2N2OS2/c1-11(25-16-9-13(19)7-8-14(16)20)17(23)22-18-21-15(10-24-18)12-5-3-2-4-6-12/h2-11H,1H3,(H,21,22,23). The molecular formula is C18H14Cl2N2OS2. The molecule has 0 radical (unpaired) electrons. The molecule has 3 rings (SSSR count). The second-order valence-electron chi connectivity index (χ2n) is 5.23. The largest absolute Gasteiger partial charge is 0.301 e. The Hall–Kier alpha value is -1.53. The van der Waals surface area contributed by atoms with Crippen molar-refractivity contribution in [3.8, 4) is 11.3 Å². The lowest BCUT2D eigenvalue weighted by Crippen LogP contribution is -2.22. The van der Waals surface area contributed by atoms with Gasteiger partial charge < -0.3 is 5.32 Å². The number of thioether (sulfide) groups is 1. The number of carbonyl (C=O) groups excluding carboxylic acids is 1. The molecule has 1 heterocycles. The molecule has 2 aromatic carbocycles. The van der Waals surface area contributed by atoms with Gasteiger partial charge in [0, 0.05) is 20.9 Å². The highest BCUT2D eigenvalue weighted by Crippen LogP contribution is 2.33. The van der Waals surface area contributed by atoms with Crippen molar-refractivity contribution in [1.29, 1.82) is 0 Å². The van der Waals surface area contributed by atoms with Gasteiger partial charge in [-0.25, -0.2) is 4.98 Å². The van der Waals surface area contributed by atoms with Crippen molar-refractivity contribution < 1.29 is 4.79 Å². The molecule has 3 aromatic rings. The molecule has 1 atom stereocenters. The van der Waals surface area contributed by atoms with Crippen LogP contribution in [0, 0.1) is 0 Å². The second kappa shape index (κ2) is 8.23. The molecule has 7 heteroatoms. The van der Waals surface area contributed by atoms with Gasteiger partial charge in [-0.3, -0.25) is 4.79 Å². The first-order valence-electron chi connectivity index (χ1n) is 7.46. The molecular weight excluding hydrogens is 395 g/mol. The summed E-state index contributed by atoms with van der Waals surface area (Å²) in [6.45, 7) is 1.82. The highest BCUT2D eigenvalue weighted by molar-refractivity contribution is 8.00. The fourth-order valence-electron chi connectivity index (χ4n) is 2.09. The van der Waals surface area contributed by atoms with E-state index in [1.807, 2.05) is 42.6 Å². The predicted octanol–water partition coefficient (Wildman–Crippen LogP) is 6.24. The number of nitrogens with zero attached hydrogens (tertiary/aromatic N) is 1. The summed E-state index contributed by atoms with van der Waals surface area (Å²) >= 11 is 14.9. The topological polar surface area (TPSA) is 42.0 Å². The molecule has 0 spiro atoms. The molecule has 3 nitrogen and oxygen atoms in total. The maximum Gasteiger partial charge on any atom is 0.239 e. The number of carbonyl (C=O) groups is 1. The van der Waals surface area contributed by atoms with E-state index >= 15 is 0 Å². The van der Waals surface area contributed by atoms with Gasteiger partial charge in [-0.05, 0) is 25.1 Å². The van der Waals surface area contributed by atoms with E-state index in [2.05, 4.69) is 10.3 Å². The lowest BCUT2D eigenvalue weighted by Gasteiger charge is -2.11. The van der Waals surface area contributed by atoms with E-state index in [4.69, 9.17) is 23.2 Å². The fraction of sp³-hybridized carbons (Fsp3) is 0.111. The maximum absolute atomic E-state index is 12.4. The SMILES string of the molecule is CC(Sc1cc(Cl)ccc1Cl)C(=O)Nc1nc(-c2ccccc2)cs1. The van der Waals surface area contributed by atoms with Crippen LogP contribution in [0.2, 0.25) is 10.0 Å². The van der Waals surface area contributed by atoms with E-state index in [1.165, 1.54) is 23.1 Å². The van der Waals surface area contributed by atoms with Crippen LogP contribution in [-0.4, -0.2) is 16.1 Å². The zero-order valence-corrected chi connectivity index (χ0v) is 16.3. The third-order valence-corrected chi connectivity index (χ3v) is 5.96. The molecule has 1 aromatic heterocycles. The Balaban J connectivity index is 1.66. The molecule has 0 fully saturated rings. The van der Waals surface area contributed by atoms with Gasteiger partial charge in [0.05, 0.1) is 16.0 Å². The number of halogens is 2. The van der Waals surface area contributed by atoms with Crippen LogP contribution >= 0.6 is 46.3 Å². The first kappa shape index (κ1) is 18.3. The third kappa shape index (κ3) is 4.76. The summed E-state index contributed by atoms with van der Waals surface area (Å²) in [6.07, 6.45) is 0. The van der Waals surface area contributed by atoms with Gasteiger partial charge in [0.25, 0.3) is 0 Å². The van der Waals surface area contributed by atoms with Crippen LogP contribution in [-0.2, 0) is 4.79 Å². The summed E-state index contributed by atoms with van der Waals surface area (Å²) in [4.78, 5) is 17.7. The van der Waals surface area contributed by atoms with Gasteiger partial charge in [0.1, 0.15) is 0 Å². The Morgan fingerprint density at radius 2 is 1.96 bits per heavy atom. The van der Waals surface area contributed by atoms with Crippen molar-refractivity contribution >= 4 is 57.3 Å². The molecule has 0 bridgehead atoms. The van der Waals surface area contributed by atoms with Crippen molar-refractivity contribution in [2.24, 2.45) is 0 Å². The number of hydrogen-bond donors (Lipinski definition) is 1. The maximum atomic E-state index is 12.4. The van der Waals surface area contributed by atoms with Crippen molar-refractivity contribution in [2.45, 2.75) is 17.1 Å². The van der Waals surface area contributed by atoms with Crippen molar-refractivity contribution in [3.63, 3.8) is 0 Å². The zero-order chi connectivity index (χ0) is 17.8. The van der Waals surface area contributed by atoms with Gasteiger partial charge in [-0.15, -0.1) is 23.1 Å². The quantitative estimate of drug-likeness (QED) is 0.508. The number of rotatable bonds is 5. The summed E-state index contributed by atoms with van der Waals surface area (Å²) in [5.74, 6) is -0.130. The highest BCUT2D eigenvalue weighted by Gasteiger charge is 2.18. The number of thiazole rings is 1. The molecule has 0 aliphatic carbocycles. The third-order valence-electron chi connectivity index (χ3n) is 3.37. The molecule has 1 unspecified atom stereocenters. The van der Waals surface area contributed by atoms with Crippen LogP contribution in [0.1, 0.15) is 6.92 Å². The summed E-state index contributed by atoms with van der Waals surface area (Å²) in [6, 6.07) is 15.1. The summed E-state index contributed by atoms with van der Waals surface area (Å²) in [5, 5.41) is 6.20. The van der Waals surface area contributed by atoms with Crippen LogP contribution < -0.4 is 5.32 Å². The minimum absolute atomic E-state index is 0.130. The normalized spacial score (nSPS) is 12.0. The molecule has 0 aliphatic heterocycles. The number of aromatic nitrogens is 1. The molecule has 1 N–H and O–H groups in total. The second-order valence-corrected chi connectivity index (χ2v) is 8.31. The van der Waals surface area contributed by atoms with E-state index in [9.17, 15) is 4.79 Å². The fourth-order valence-corrected chi connectivity index (χ4v) is 4.22. The molecule has 1 amide bonds. The number of hydrogen-bond acceptors (Lipinski definition) is 4. The molecule has 0 aliphatic rings. The van der Waals surface area contributed by atoms with Crippen molar-refractivity contribution in [1.82, 2.24) is 4.98 Å². The minimum atomic E-state index is -0.333. The van der Waals surface area contributed by atoms with Crippen molar-refractivity contribution in [2.75, 3.05) is 5.32 Å². The number of nitrogens with one attached hydrogen (secondary N) is 1. The van der Waals surface area contributed by atoms with Crippen LogP contribution in [0.5, 0.6) is 0 Å². The van der Waals surface area contributed by atoms with E-state index in [0.29, 0.717) is 15.2 Å². The van der Waals surface area contributed by atoms with Gasteiger partial charge >= 0.3 is 0 Å². The average Bonchev–Trinajstić information content (AvgIpc) is 3.07. The summed E-state index contributed by atoms with van der Waals surface area (Å²) in [5.41, 5.74) is 1.87. The lowest BCUT2D eigenvalue weighted by atomic mass is 10.2. The summed E-state index contributed by atoms with van der Waals surface area (Å²) in [7, 11) is 0. The van der Waals surface area contributed by atoms with Gasteiger partial charge in [0.2, 0.25) is 5.91 Å². The zero-order valence-electron chi connectivity index (χ0n) is 13.2. The smallest absolute Gasteiger partial charge is 0.239 e. The molecule has 128 valence electrons. The Kier molecular flexibility index (Phi) is 6.02. The molecule has 0 saturated carbocycles. The van der Waals surface area contributed by atoms with E-state index in [0.717, 1.165) is 16.2 Å². The van der Waals surface area contributed by atoms with Crippen LogP contribution in [0.15, 0.2) is 58.8 Å². The van der Waals surface area contributed by atoms with Crippen LogP contribution in [0.25, 0.3) is 11.3 Å². The minimum Gasteiger partial charge on any atom is -0.301 e. The van der Waals surface area contributed by atoms with E-state index < -0.39 is 0 Å². The number of benzene rings is 2. The molecule has 25 heavy (non-hydrogen) atoms. The Morgan fingerprint density at radius 3 is 2.72 bits per heavy atom. The summed E-state index contributed by atoms with van der Waals surface area (Å²) < 4.78 is 0. The average molecular weight is 409 g/mol. The monoisotopic (exact) mass is 408 g/mol. The number of anilines is 1. The highest BCUT2D eigenvalue weighted by atomic mass is 35.5. The van der Waals surface area contributed by atoms with E-state index in [1.54, 1.807) is 18.2 Å². The van der Waals surface area contributed by atoms with Crippen LogP contribution in [0.4, 0.5) is 5.13 Å². The van der Waals surface area contributed by atoms with Gasteiger partial charge in [-0.1, -0.05) is 53.5 Å². The lowest BCUT2D eigenvalue weighted by molar-refractivity contribution is -0.115. The predicted molar refractivity (Wildman–Crippen MR) is 108 cm³/mol. The Bertz CT molecular complexity index is 884. The van der Waals surface area contributed by atoms with Gasteiger partial charge in [0.15, 0.2) is 5.13 Å². The van der Waals surface area contributed by atoms with E-state index in [-0.39, 0.29) is 11.2 Å². The Labute approximate surface area is 164 Å². The first-order chi connectivity index (χ1) is 12.0. The Morgan fingerprint density at radius 1 is 1.20 bits per heavy atom. The first-order valence-corrected chi connectivity index (χ1v) is 9.98. The molecule has 0 saturated heterocycles.